The monoisotopic (exact) mass is 339 g/mol. The third-order valence-corrected chi connectivity index (χ3v) is 4.34. The Bertz CT molecular complexity index is 856. The van der Waals surface area contributed by atoms with E-state index in [0.717, 1.165) is 25.3 Å². The Labute approximate surface area is 146 Å². The summed E-state index contributed by atoms with van der Waals surface area (Å²) in [6, 6.07) is 2.45. The standard InChI is InChI=1S/C17H21N7O/c1-13-3-4-19-17(21-13)25-11-16-10-23(8-14-5-20-22(2)7-14)9-15-6-18-12-24(15)16/h3-7,12,16H,8-11H2,1-2H3/t16-/m1/s1. The second-order valence-corrected chi connectivity index (χ2v) is 6.43. The van der Waals surface area contributed by atoms with Crippen LogP contribution in [0.2, 0.25) is 0 Å². The molecule has 8 nitrogen and oxygen atoms in total. The molecule has 3 aromatic heterocycles. The maximum Gasteiger partial charge on any atom is 0.316 e. The van der Waals surface area contributed by atoms with E-state index in [1.807, 2.05) is 43.4 Å². The first-order chi connectivity index (χ1) is 12.2. The predicted molar refractivity (Wildman–Crippen MR) is 90.9 cm³/mol. The lowest BCUT2D eigenvalue weighted by molar-refractivity contribution is 0.132. The molecule has 4 heterocycles. The normalized spacial score (nSPS) is 17.4. The van der Waals surface area contributed by atoms with Crippen LogP contribution < -0.4 is 4.74 Å². The number of aryl methyl sites for hydroxylation is 2. The van der Waals surface area contributed by atoms with E-state index < -0.39 is 0 Å². The Morgan fingerprint density at radius 1 is 1.32 bits per heavy atom. The molecule has 0 fully saturated rings. The Hall–Kier alpha value is -2.74. The van der Waals surface area contributed by atoms with Crippen molar-refractivity contribution >= 4 is 0 Å². The van der Waals surface area contributed by atoms with Crippen molar-refractivity contribution in [1.82, 2.24) is 34.2 Å². The predicted octanol–water partition coefficient (Wildman–Crippen LogP) is 1.35. The lowest BCUT2D eigenvalue weighted by Gasteiger charge is -2.33. The Morgan fingerprint density at radius 3 is 3.04 bits per heavy atom. The van der Waals surface area contributed by atoms with Crippen LogP contribution in [-0.4, -0.2) is 47.4 Å². The van der Waals surface area contributed by atoms with Crippen molar-refractivity contribution in [3.05, 3.63) is 54.1 Å². The number of hydrogen-bond donors (Lipinski definition) is 0. The van der Waals surface area contributed by atoms with Gasteiger partial charge in [-0.1, -0.05) is 0 Å². The number of hydrogen-bond acceptors (Lipinski definition) is 6. The average molecular weight is 339 g/mol. The van der Waals surface area contributed by atoms with Gasteiger partial charge in [0.25, 0.3) is 0 Å². The Balaban J connectivity index is 1.46. The molecular weight excluding hydrogens is 318 g/mol. The largest absolute Gasteiger partial charge is 0.461 e. The Kier molecular flexibility index (Phi) is 4.19. The number of rotatable bonds is 5. The molecule has 0 amide bonds. The molecule has 0 N–H and O–H groups in total. The molecule has 25 heavy (non-hydrogen) atoms. The molecule has 1 atom stereocenters. The van der Waals surface area contributed by atoms with E-state index in [0.29, 0.717) is 12.6 Å². The highest BCUT2D eigenvalue weighted by molar-refractivity contribution is 5.09. The van der Waals surface area contributed by atoms with Crippen LogP contribution in [0, 0.1) is 6.92 Å². The van der Waals surface area contributed by atoms with Gasteiger partial charge in [0.05, 0.1) is 24.3 Å². The molecule has 0 saturated heterocycles. The van der Waals surface area contributed by atoms with Crippen LogP contribution in [0.5, 0.6) is 6.01 Å². The summed E-state index contributed by atoms with van der Waals surface area (Å²) < 4.78 is 9.86. The Morgan fingerprint density at radius 2 is 2.24 bits per heavy atom. The molecule has 130 valence electrons. The molecule has 0 aliphatic carbocycles. The summed E-state index contributed by atoms with van der Waals surface area (Å²) in [4.78, 5) is 15.2. The molecule has 1 aliphatic heterocycles. The third kappa shape index (κ3) is 3.53. The minimum absolute atomic E-state index is 0.173. The fourth-order valence-electron chi connectivity index (χ4n) is 3.19. The SMILES string of the molecule is Cc1ccnc(OC[C@H]2CN(Cc3cnn(C)c3)Cc3cncn32)n1. The van der Waals surface area contributed by atoms with E-state index in [1.165, 1.54) is 11.3 Å². The van der Waals surface area contributed by atoms with Crippen LogP contribution in [0.1, 0.15) is 23.0 Å². The van der Waals surface area contributed by atoms with Crippen LogP contribution in [-0.2, 0) is 20.1 Å². The highest BCUT2D eigenvalue weighted by atomic mass is 16.5. The summed E-state index contributed by atoms with van der Waals surface area (Å²) in [5, 5.41) is 4.25. The second-order valence-electron chi connectivity index (χ2n) is 6.43. The van der Waals surface area contributed by atoms with E-state index in [-0.39, 0.29) is 6.04 Å². The van der Waals surface area contributed by atoms with Gasteiger partial charge in [-0.2, -0.15) is 5.10 Å². The van der Waals surface area contributed by atoms with Crippen LogP contribution >= 0.6 is 0 Å². The summed E-state index contributed by atoms with van der Waals surface area (Å²) >= 11 is 0. The van der Waals surface area contributed by atoms with Crippen molar-refractivity contribution in [2.75, 3.05) is 13.2 Å². The third-order valence-electron chi connectivity index (χ3n) is 4.34. The van der Waals surface area contributed by atoms with Crippen molar-refractivity contribution in [2.45, 2.75) is 26.1 Å². The zero-order valence-electron chi connectivity index (χ0n) is 14.4. The number of ether oxygens (including phenoxy) is 1. The average Bonchev–Trinajstić information content (AvgIpc) is 3.21. The summed E-state index contributed by atoms with van der Waals surface area (Å²) in [5.41, 5.74) is 3.29. The molecule has 0 saturated carbocycles. The molecule has 0 radical (unpaired) electrons. The van der Waals surface area contributed by atoms with E-state index in [2.05, 4.69) is 35.7 Å². The molecule has 0 spiro atoms. The van der Waals surface area contributed by atoms with Gasteiger partial charge < -0.3 is 9.30 Å². The van der Waals surface area contributed by atoms with Gasteiger partial charge in [-0.15, -0.1) is 0 Å². The van der Waals surface area contributed by atoms with Gasteiger partial charge in [-0.3, -0.25) is 9.58 Å². The minimum atomic E-state index is 0.173. The van der Waals surface area contributed by atoms with Gasteiger partial charge in [0.2, 0.25) is 0 Å². The van der Waals surface area contributed by atoms with Crippen LogP contribution in [0.15, 0.2) is 37.2 Å². The van der Waals surface area contributed by atoms with E-state index in [1.54, 1.807) is 6.20 Å². The topological polar surface area (TPSA) is 73.9 Å². The number of nitrogens with zero attached hydrogens (tertiary/aromatic N) is 7. The van der Waals surface area contributed by atoms with Gasteiger partial charge in [0.15, 0.2) is 0 Å². The first-order valence-electron chi connectivity index (χ1n) is 8.30. The molecule has 1 aliphatic rings. The molecule has 0 unspecified atom stereocenters. The lowest BCUT2D eigenvalue weighted by Crippen LogP contribution is -2.39. The van der Waals surface area contributed by atoms with Crippen molar-refractivity contribution in [3.63, 3.8) is 0 Å². The number of imidazole rings is 1. The van der Waals surface area contributed by atoms with E-state index in [4.69, 9.17) is 4.74 Å². The summed E-state index contributed by atoms with van der Waals surface area (Å²) in [7, 11) is 1.94. The van der Waals surface area contributed by atoms with Crippen molar-refractivity contribution in [3.8, 4) is 6.01 Å². The fraction of sp³-hybridized carbons (Fsp3) is 0.412. The first kappa shape index (κ1) is 15.8. The van der Waals surface area contributed by atoms with Crippen molar-refractivity contribution < 1.29 is 4.74 Å². The zero-order chi connectivity index (χ0) is 17.2. The van der Waals surface area contributed by atoms with Crippen LogP contribution in [0.25, 0.3) is 0 Å². The molecular formula is C17H21N7O. The minimum Gasteiger partial charge on any atom is -0.461 e. The van der Waals surface area contributed by atoms with Gasteiger partial charge in [0, 0.05) is 56.5 Å². The first-order valence-corrected chi connectivity index (χ1v) is 8.30. The quantitative estimate of drug-likeness (QED) is 0.699. The van der Waals surface area contributed by atoms with Crippen LogP contribution in [0.4, 0.5) is 0 Å². The van der Waals surface area contributed by atoms with Gasteiger partial charge in [-0.25, -0.2) is 15.0 Å². The molecule has 0 aromatic carbocycles. The van der Waals surface area contributed by atoms with Crippen molar-refractivity contribution in [1.29, 1.82) is 0 Å². The molecule has 4 rings (SSSR count). The highest BCUT2D eigenvalue weighted by Gasteiger charge is 2.26. The summed E-state index contributed by atoms with van der Waals surface area (Å²) in [6.45, 7) is 5.04. The van der Waals surface area contributed by atoms with Gasteiger partial charge in [0.1, 0.15) is 6.61 Å². The van der Waals surface area contributed by atoms with E-state index in [9.17, 15) is 0 Å². The maximum atomic E-state index is 5.84. The molecule has 3 aromatic rings. The highest BCUT2D eigenvalue weighted by Crippen LogP contribution is 2.23. The second kappa shape index (κ2) is 6.64. The summed E-state index contributed by atoms with van der Waals surface area (Å²) in [5.74, 6) is 0. The molecule has 0 bridgehead atoms. The maximum absolute atomic E-state index is 5.84. The van der Waals surface area contributed by atoms with Gasteiger partial charge >= 0.3 is 6.01 Å². The lowest BCUT2D eigenvalue weighted by atomic mass is 10.2. The zero-order valence-corrected chi connectivity index (χ0v) is 14.4. The fourth-order valence-corrected chi connectivity index (χ4v) is 3.19. The van der Waals surface area contributed by atoms with Crippen LogP contribution in [0.3, 0.4) is 0 Å². The molecule has 8 heteroatoms. The van der Waals surface area contributed by atoms with Crippen molar-refractivity contribution in [2.24, 2.45) is 7.05 Å². The van der Waals surface area contributed by atoms with E-state index >= 15 is 0 Å². The van der Waals surface area contributed by atoms with Gasteiger partial charge in [-0.05, 0) is 13.0 Å². The smallest absolute Gasteiger partial charge is 0.316 e. The number of aromatic nitrogens is 6. The summed E-state index contributed by atoms with van der Waals surface area (Å²) in [6.07, 6.45) is 9.49. The number of fused-ring (bicyclic) bond motifs is 1.